The van der Waals surface area contributed by atoms with Crippen molar-refractivity contribution in [1.82, 2.24) is 15.1 Å². The predicted octanol–water partition coefficient (Wildman–Crippen LogP) is 3.12. The normalized spacial score (nSPS) is 18.2. The van der Waals surface area contributed by atoms with Crippen LogP contribution in [0.3, 0.4) is 0 Å². The summed E-state index contributed by atoms with van der Waals surface area (Å²) < 4.78 is 19.2. The average molecular weight is 470 g/mol. The molecule has 2 saturated heterocycles. The van der Waals surface area contributed by atoms with Crippen LogP contribution >= 0.6 is 11.8 Å². The van der Waals surface area contributed by atoms with E-state index in [1.54, 1.807) is 18.2 Å². The van der Waals surface area contributed by atoms with Crippen molar-refractivity contribution < 1.29 is 23.5 Å². The molecule has 3 amide bonds. The van der Waals surface area contributed by atoms with Gasteiger partial charge in [-0.25, -0.2) is 4.39 Å². The molecule has 2 aromatic carbocycles. The molecule has 172 valence electrons. The van der Waals surface area contributed by atoms with Crippen molar-refractivity contribution in [2.45, 2.75) is 6.54 Å². The van der Waals surface area contributed by atoms with E-state index in [4.69, 9.17) is 4.74 Å². The molecule has 9 heteroatoms. The molecule has 2 aromatic rings. The van der Waals surface area contributed by atoms with Crippen LogP contribution < -0.4 is 5.32 Å². The first kappa shape index (κ1) is 23.2. The molecule has 2 aliphatic rings. The lowest BCUT2D eigenvalue weighted by Crippen LogP contribution is -2.37. The van der Waals surface area contributed by atoms with E-state index in [0.29, 0.717) is 18.8 Å². The van der Waals surface area contributed by atoms with Crippen molar-refractivity contribution >= 4 is 34.9 Å². The Morgan fingerprint density at radius 1 is 1.12 bits per heavy atom. The molecule has 0 aromatic heterocycles. The van der Waals surface area contributed by atoms with Crippen molar-refractivity contribution in [1.29, 1.82) is 0 Å². The van der Waals surface area contributed by atoms with Crippen LogP contribution in [0.2, 0.25) is 0 Å². The number of rotatable bonds is 7. The van der Waals surface area contributed by atoms with E-state index < -0.39 is 17.0 Å². The molecule has 4 rings (SSSR count). The monoisotopic (exact) mass is 469 g/mol. The Hall–Kier alpha value is -3.01. The number of thioether (sulfide) groups is 1. The summed E-state index contributed by atoms with van der Waals surface area (Å²) in [6.07, 6.45) is 1.37. The number of halogens is 1. The summed E-state index contributed by atoms with van der Waals surface area (Å²) in [4.78, 5) is 40.9. The molecular weight excluding hydrogens is 445 g/mol. The second kappa shape index (κ2) is 10.7. The number of hydrogen-bond acceptors (Lipinski definition) is 6. The summed E-state index contributed by atoms with van der Waals surface area (Å²) in [6.45, 7) is 4.05. The lowest BCUT2D eigenvalue weighted by atomic mass is 10.1. The van der Waals surface area contributed by atoms with Crippen LogP contribution in [0.25, 0.3) is 6.08 Å². The number of morpholine rings is 1. The average Bonchev–Trinajstić information content (AvgIpc) is 3.08. The number of nitrogens with one attached hydrogen (secondary N) is 1. The van der Waals surface area contributed by atoms with Gasteiger partial charge < -0.3 is 10.1 Å². The lowest BCUT2D eigenvalue weighted by molar-refractivity contribution is -0.122. The van der Waals surface area contributed by atoms with Crippen molar-refractivity contribution in [3.05, 3.63) is 75.9 Å². The fourth-order valence-corrected chi connectivity index (χ4v) is 4.49. The highest BCUT2D eigenvalue weighted by Crippen LogP contribution is 2.32. The molecular formula is C24H24FN3O4S. The summed E-state index contributed by atoms with van der Waals surface area (Å²) >= 11 is 0.765. The molecule has 0 radical (unpaired) electrons. The van der Waals surface area contributed by atoms with E-state index in [2.05, 4.69) is 10.2 Å². The summed E-state index contributed by atoms with van der Waals surface area (Å²) in [7, 11) is 0. The van der Waals surface area contributed by atoms with Gasteiger partial charge in [-0.1, -0.05) is 30.3 Å². The van der Waals surface area contributed by atoms with Crippen LogP contribution in [-0.4, -0.2) is 66.2 Å². The van der Waals surface area contributed by atoms with Gasteiger partial charge in [0, 0.05) is 43.9 Å². The Morgan fingerprint density at radius 2 is 1.91 bits per heavy atom. The van der Waals surface area contributed by atoms with Crippen LogP contribution in [-0.2, 0) is 16.1 Å². The Kier molecular flexibility index (Phi) is 7.54. The maximum absolute atomic E-state index is 13.9. The minimum absolute atomic E-state index is 0.0402. The van der Waals surface area contributed by atoms with E-state index in [1.807, 2.05) is 18.2 Å². The van der Waals surface area contributed by atoms with Crippen molar-refractivity contribution in [3.8, 4) is 0 Å². The summed E-state index contributed by atoms with van der Waals surface area (Å²) in [5.74, 6) is -1.23. The number of hydrogen-bond donors (Lipinski definition) is 1. The molecule has 7 nitrogen and oxygen atoms in total. The molecule has 1 N–H and O–H groups in total. The third-order valence-electron chi connectivity index (χ3n) is 5.39. The van der Waals surface area contributed by atoms with Gasteiger partial charge in [-0.2, -0.15) is 0 Å². The minimum Gasteiger partial charge on any atom is -0.379 e. The number of imide groups is 1. The molecule has 0 saturated carbocycles. The SMILES string of the molecule is O=C(NCCN1C(=O)S/C(=C\c2ccccc2F)C1=O)c1cccc(CN2CCOCC2)c1. The summed E-state index contributed by atoms with van der Waals surface area (Å²) in [5.41, 5.74) is 1.80. The highest BCUT2D eigenvalue weighted by molar-refractivity contribution is 8.18. The first-order valence-corrected chi connectivity index (χ1v) is 11.5. The molecule has 0 unspecified atom stereocenters. The molecule has 0 bridgehead atoms. The number of carbonyl (C=O) groups excluding carboxylic acids is 3. The van der Waals surface area contributed by atoms with Crippen LogP contribution in [0.15, 0.2) is 53.4 Å². The maximum Gasteiger partial charge on any atom is 0.293 e. The van der Waals surface area contributed by atoms with Crippen LogP contribution in [0.4, 0.5) is 9.18 Å². The first-order valence-electron chi connectivity index (χ1n) is 10.7. The van der Waals surface area contributed by atoms with Crippen molar-refractivity contribution in [3.63, 3.8) is 0 Å². The largest absolute Gasteiger partial charge is 0.379 e. The Labute approximate surface area is 195 Å². The Morgan fingerprint density at radius 3 is 2.70 bits per heavy atom. The van der Waals surface area contributed by atoms with Crippen LogP contribution in [0.1, 0.15) is 21.5 Å². The van der Waals surface area contributed by atoms with Crippen molar-refractivity contribution in [2.75, 3.05) is 39.4 Å². The van der Waals surface area contributed by atoms with E-state index in [1.165, 1.54) is 18.2 Å². The number of nitrogens with zero attached hydrogens (tertiary/aromatic N) is 2. The number of benzene rings is 2. The highest BCUT2D eigenvalue weighted by atomic mass is 32.2. The van der Waals surface area contributed by atoms with Gasteiger partial charge in [-0.15, -0.1) is 0 Å². The fourth-order valence-electron chi connectivity index (χ4n) is 3.64. The van der Waals surface area contributed by atoms with Gasteiger partial charge in [0.25, 0.3) is 17.1 Å². The third kappa shape index (κ3) is 5.87. The van der Waals surface area contributed by atoms with E-state index >= 15 is 0 Å². The highest BCUT2D eigenvalue weighted by Gasteiger charge is 2.34. The molecule has 0 spiro atoms. The summed E-state index contributed by atoms with van der Waals surface area (Å²) in [6, 6.07) is 13.4. The molecule has 0 atom stereocenters. The van der Waals surface area contributed by atoms with Gasteiger partial charge in [-0.05, 0) is 41.6 Å². The molecule has 0 aliphatic carbocycles. The standard InChI is InChI=1S/C24H24FN3O4S/c25-20-7-2-1-5-18(20)15-21-23(30)28(24(31)33-21)9-8-26-22(29)19-6-3-4-17(14-19)16-27-10-12-32-13-11-27/h1-7,14-15H,8-13,16H2,(H,26,29)/b21-15-. The zero-order valence-corrected chi connectivity index (χ0v) is 18.8. The van der Waals surface area contributed by atoms with Gasteiger partial charge in [0.2, 0.25) is 0 Å². The number of ether oxygens (including phenoxy) is 1. The van der Waals surface area contributed by atoms with E-state index in [0.717, 1.165) is 41.9 Å². The van der Waals surface area contributed by atoms with Gasteiger partial charge in [0.05, 0.1) is 18.1 Å². The Bertz CT molecular complexity index is 1080. The van der Waals surface area contributed by atoms with Crippen molar-refractivity contribution in [2.24, 2.45) is 0 Å². The van der Waals surface area contributed by atoms with Crippen LogP contribution in [0, 0.1) is 5.82 Å². The van der Waals surface area contributed by atoms with Gasteiger partial charge >= 0.3 is 0 Å². The third-order valence-corrected chi connectivity index (χ3v) is 6.29. The zero-order valence-electron chi connectivity index (χ0n) is 18.0. The van der Waals surface area contributed by atoms with Crippen LogP contribution in [0.5, 0.6) is 0 Å². The minimum atomic E-state index is -0.491. The molecule has 2 aliphatic heterocycles. The topological polar surface area (TPSA) is 79.0 Å². The number of amides is 3. The second-order valence-corrected chi connectivity index (χ2v) is 8.69. The summed E-state index contributed by atoms with van der Waals surface area (Å²) in [5, 5.41) is 2.32. The molecule has 2 heterocycles. The first-order chi connectivity index (χ1) is 16.0. The van der Waals surface area contributed by atoms with Gasteiger partial charge in [-0.3, -0.25) is 24.2 Å². The Balaban J connectivity index is 1.31. The van der Waals surface area contributed by atoms with Gasteiger partial charge in [0.15, 0.2) is 0 Å². The molecule has 33 heavy (non-hydrogen) atoms. The lowest BCUT2D eigenvalue weighted by Gasteiger charge is -2.26. The quantitative estimate of drug-likeness (QED) is 0.628. The predicted molar refractivity (Wildman–Crippen MR) is 124 cm³/mol. The van der Waals surface area contributed by atoms with E-state index in [-0.39, 0.29) is 29.5 Å². The molecule has 2 fully saturated rings. The fraction of sp³-hybridized carbons (Fsp3) is 0.292. The maximum atomic E-state index is 13.9. The second-order valence-electron chi connectivity index (χ2n) is 7.70. The van der Waals surface area contributed by atoms with Gasteiger partial charge in [0.1, 0.15) is 5.82 Å². The van der Waals surface area contributed by atoms with E-state index in [9.17, 15) is 18.8 Å². The smallest absolute Gasteiger partial charge is 0.293 e. The zero-order chi connectivity index (χ0) is 23.2. The number of carbonyl (C=O) groups is 3.